The molecule has 1 fully saturated rings. The van der Waals surface area contributed by atoms with Gasteiger partial charge in [0.1, 0.15) is 0 Å². The van der Waals surface area contributed by atoms with Crippen molar-refractivity contribution in [3.63, 3.8) is 0 Å². The van der Waals surface area contributed by atoms with Crippen LogP contribution in [0.2, 0.25) is 6.32 Å². The zero-order valence-corrected chi connectivity index (χ0v) is 15.9. The smallest absolute Gasteiger partial charge is 0.403 e. The Morgan fingerprint density at radius 2 is 1.60 bits per heavy atom. The minimum absolute atomic E-state index is 0.279. The maximum Gasteiger partial charge on any atom is 0.458 e. The molecule has 0 atom stereocenters. The molecule has 2 heterocycles. The van der Waals surface area contributed by atoms with E-state index in [0.29, 0.717) is 12.7 Å². The molecule has 0 aliphatic carbocycles. The Balaban J connectivity index is 1.67. The first-order valence-electron chi connectivity index (χ1n) is 8.45. The number of aryl methyl sites for hydroxylation is 1. The van der Waals surface area contributed by atoms with Gasteiger partial charge in [0, 0.05) is 12.4 Å². The fraction of sp³-hybridized carbons (Fsp3) is 0.444. The Bertz CT molecular complexity index is 827. The summed E-state index contributed by atoms with van der Waals surface area (Å²) in [7, 11) is -3.82. The molecule has 1 aliphatic rings. The lowest BCUT2D eigenvalue weighted by atomic mass is 9.82. The van der Waals surface area contributed by atoms with E-state index >= 15 is 0 Å². The molecular formula is C18H24BNO4S. The quantitative estimate of drug-likeness (QED) is 0.767. The SMILES string of the molecule is CC1(C)OB(CCc2ccn(S(=O)(=O)c3ccccc3)c2)OC1(C)C. The van der Waals surface area contributed by atoms with Gasteiger partial charge in [0.25, 0.3) is 10.0 Å². The van der Waals surface area contributed by atoms with Crippen molar-refractivity contribution >= 4 is 17.1 Å². The highest BCUT2D eigenvalue weighted by molar-refractivity contribution is 7.90. The fourth-order valence-electron chi connectivity index (χ4n) is 2.80. The Kier molecular flexibility index (Phi) is 4.60. The minimum atomic E-state index is -3.54. The van der Waals surface area contributed by atoms with Crippen LogP contribution in [0.4, 0.5) is 0 Å². The van der Waals surface area contributed by atoms with Crippen molar-refractivity contribution < 1.29 is 17.7 Å². The van der Waals surface area contributed by atoms with Crippen molar-refractivity contribution in [2.75, 3.05) is 0 Å². The van der Waals surface area contributed by atoms with Crippen molar-refractivity contribution in [2.45, 2.75) is 56.5 Å². The molecular weight excluding hydrogens is 337 g/mol. The van der Waals surface area contributed by atoms with Gasteiger partial charge in [0.15, 0.2) is 0 Å². The van der Waals surface area contributed by atoms with Gasteiger partial charge in [0.05, 0.1) is 16.1 Å². The second-order valence-corrected chi connectivity index (χ2v) is 9.24. The number of hydrogen-bond acceptors (Lipinski definition) is 4. The van der Waals surface area contributed by atoms with E-state index < -0.39 is 10.0 Å². The van der Waals surface area contributed by atoms with Crippen LogP contribution in [0.15, 0.2) is 53.7 Å². The Morgan fingerprint density at radius 3 is 2.20 bits per heavy atom. The molecule has 7 heteroatoms. The van der Waals surface area contributed by atoms with Crippen LogP contribution >= 0.6 is 0 Å². The number of aromatic nitrogens is 1. The molecule has 134 valence electrons. The summed E-state index contributed by atoms with van der Waals surface area (Å²) in [5.74, 6) is 0. The van der Waals surface area contributed by atoms with Gasteiger partial charge in [-0.25, -0.2) is 12.4 Å². The first-order chi connectivity index (χ1) is 11.6. The van der Waals surface area contributed by atoms with Crippen molar-refractivity contribution in [3.8, 4) is 0 Å². The Labute approximate surface area is 150 Å². The molecule has 0 bridgehead atoms. The largest absolute Gasteiger partial charge is 0.458 e. The van der Waals surface area contributed by atoms with Gasteiger partial charge in [-0.15, -0.1) is 0 Å². The standard InChI is InChI=1S/C18H24BNO4S/c1-17(2)18(3,4)24-19(23-17)12-10-15-11-13-20(14-15)25(21,22)16-8-6-5-7-9-16/h5-9,11,13-14H,10,12H2,1-4H3. The number of hydrogen-bond donors (Lipinski definition) is 0. The molecule has 1 aromatic carbocycles. The molecule has 3 rings (SSSR count). The molecule has 1 aromatic heterocycles. The summed E-state index contributed by atoms with van der Waals surface area (Å²) in [5.41, 5.74) is 0.245. The lowest BCUT2D eigenvalue weighted by molar-refractivity contribution is 0.00578. The van der Waals surface area contributed by atoms with Crippen molar-refractivity contribution in [1.29, 1.82) is 0 Å². The van der Waals surface area contributed by atoms with E-state index in [0.717, 1.165) is 5.56 Å². The third-order valence-electron chi connectivity index (χ3n) is 5.02. The van der Waals surface area contributed by atoms with Crippen LogP contribution in [0.5, 0.6) is 0 Å². The van der Waals surface area contributed by atoms with Crippen LogP contribution < -0.4 is 0 Å². The molecule has 0 spiro atoms. The zero-order valence-electron chi connectivity index (χ0n) is 15.1. The number of benzene rings is 1. The van der Waals surface area contributed by atoms with Crippen LogP contribution in [-0.2, 0) is 25.8 Å². The van der Waals surface area contributed by atoms with Crippen molar-refractivity contribution in [2.24, 2.45) is 0 Å². The summed E-state index contributed by atoms with van der Waals surface area (Å²) in [4.78, 5) is 0.281. The average Bonchev–Trinajstić information content (AvgIpc) is 3.09. The summed E-state index contributed by atoms with van der Waals surface area (Å²) < 4.78 is 38.4. The Hall–Kier alpha value is -1.57. The molecule has 0 unspecified atom stereocenters. The van der Waals surface area contributed by atoms with E-state index in [-0.39, 0.29) is 23.2 Å². The van der Waals surface area contributed by atoms with Crippen LogP contribution in [0.1, 0.15) is 33.3 Å². The van der Waals surface area contributed by atoms with E-state index in [1.165, 1.54) is 3.97 Å². The highest BCUT2D eigenvalue weighted by Gasteiger charge is 2.50. The second-order valence-electron chi connectivity index (χ2n) is 7.39. The van der Waals surface area contributed by atoms with Gasteiger partial charge in [-0.1, -0.05) is 18.2 Å². The maximum absolute atomic E-state index is 12.6. The van der Waals surface area contributed by atoms with E-state index in [2.05, 4.69) is 0 Å². The van der Waals surface area contributed by atoms with Crippen molar-refractivity contribution in [1.82, 2.24) is 3.97 Å². The minimum Gasteiger partial charge on any atom is -0.403 e. The van der Waals surface area contributed by atoms with Crippen LogP contribution in [0, 0.1) is 0 Å². The molecule has 25 heavy (non-hydrogen) atoms. The maximum atomic E-state index is 12.6. The monoisotopic (exact) mass is 361 g/mol. The fourth-order valence-corrected chi connectivity index (χ4v) is 4.04. The first-order valence-corrected chi connectivity index (χ1v) is 9.89. The number of nitrogens with zero attached hydrogens (tertiary/aromatic N) is 1. The molecule has 2 aromatic rings. The van der Waals surface area contributed by atoms with Crippen LogP contribution in [-0.4, -0.2) is 30.7 Å². The highest BCUT2D eigenvalue weighted by atomic mass is 32.2. The predicted octanol–water partition coefficient (Wildman–Crippen LogP) is 3.36. The Morgan fingerprint density at radius 1 is 1.00 bits per heavy atom. The average molecular weight is 361 g/mol. The van der Waals surface area contributed by atoms with Gasteiger partial charge >= 0.3 is 7.12 Å². The summed E-state index contributed by atoms with van der Waals surface area (Å²) in [6.45, 7) is 8.09. The van der Waals surface area contributed by atoms with E-state index in [1.54, 1.807) is 42.7 Å². The molecule has 1 saturated heterocycles. The highest BCUT2D eigenvalue weighted by Crippen LogP contribution is 2.38. The first kappa shape index (κ1) is 18.2. The van der Waals surface area contributed by atoms with E-state index in [9.17, 15) is 8.42 Å². The van der Waals surface area contributed by atoms with Crippen LogP contribution in [0.3, 0.4) is 0 Å². The van der Waals surface area contributed by atoms with Crippen molar-refractivity contribution in [3.05, 3.63) is 54.4 Å². The molecule has 5 nitrogen and oxygen atoms in total. The predicted molar refractivity (Wildman–Crippen MR) is 98.1 cm³/mol. The lowest BCUT2D eigenvalue weighted by Gasteiger charge is -2.32. The summed E-state index contributed by atoms with van der Waals surface area (Å²) in [5, 5.41) is 0. The normalized spacial score (nSPS) is 19.3. The third-order valence-corrected chi connectivity index (χ3v) is 6.67. The zero-order chi connectivity index (χ0) is 18.3. The third kappa shape index (κ3) is 3.54. The topological polar surface area (TPSA) is 57.5 Å². The molecule has 0 radical (unpaired) electrons. The van der Waals surface area contributed by atoms with Crippen LogP contribution in [0.25, 0.3) is 0 Å². The van der Waals surface area contributed by atoms with Gasteiger partial charge in [-0.3, -0.25) is 0 Å². The van der Waals surface area contributed by atoms with Gasteiger partial charge in [-0.2, -0.15) is 0 Å². The molecule has 0 saturated carbocycles. The van der Waals surface area contributed by atoms with Gasteiger partial charge < -0.3 is 9.31 Å². The van der Waals surface area contributed by atoms with Gasteiger partial charge in [-0.05, 0) is 64.2 Å². The number of rotatable bonds is 5. The molecule has 0 N–H and O–H groups in total. The molecule has 1 aliphatic heterocycles. The van der Waals surface area contributed by atoms with E-state index in [4.69, 9.17) is 9.31 Å². The van der Waals surface area contributed by atoms with E-state index in [1.807, 2.05) is 33.8 Å². The summed E-state index contributed by atoms with van der Waals surface area (Å²) in [6, 6.07) is 10.3. The summed E-state index contributed by atoms with van der Waals surface area (Å²) >= 11 is 0. The molecule has 0 amide bonds. The second kappa shape index (κ2) is 6.30. The summed E-state index contributed by atoms with van der Waals surface area (Å²) in [6.07, 6.45) is 4.62. The van der Waals surface area contributed by atoms with Gasteiger partial charge in [0.2, 0.25) is 0 Å². The lowest BCUT2D eigenvalue weighted by Crippen LogP contribution is -2.41.